The normalized spacial score (nSPS) is 17.3. The fourth-order valence-electron chi connectivity index (χ4n) is 2.28. The van der Waals surface area contributed by atoms with Crippen LogP contribution in [0.3, 0.4) is 0 Å². The first-order valence-corrected chi connectivity index (χ1v) is 6.10. The first kappa shape index (κ1) is 11.4. The van der Waals surface area contributed by atoms with E-state index in [-0.39, 0.29) is 6.10 Å². The van der Waals surface area contributed by atoms with Crippen LogP contribution in [0, 0.1) is 13.8 Å². The van der Waals surface area contributed by atoms with Crippen molar-refractivity contribution in [3.05, 3.63) is 46.5 Å². The Labute approximate surface area is 97.8 Å². The molecule has 0 saturated heterocycles. The van der Waals surface area contributed by atoms with E-state index in [1.54, 1.807) is 0 Å². The third kappa shape index (κ3) is 2.53. The van der Waals surface area contributed by atoms with E-state index < -0.39 is 0 Å². The number of allylic oxidation sites excluding steroid dienone is 1. The molecule has 0 amide bonds. The average molecular weight is 216 g/mol. The summed E-state index contributed by atoms with van der Waals surface area (Å²) in [5, 5.41) is 10.1. The molecule has 1 atom stereocenters. The van der Waals surface area contributed by atoms with Crippen molar-refractivity contribution in [3.63, 3.8) is 0 Å². The zero-order valence-electron chi connectivity index (χ0n) is 10.2. The first-order valence-electron chi connectivity index (χ1n) is 6.10. The summed E-state index contributed by atoms with van der Waals surface area (Å²) in [7, 11) is 0. The van der Waals surface area contributed by atoms with Crippen LogP contribution in [0.2, 0.25) is 0 Å². The Hall–Kier alpha value is -1.08. The Morgan fingerprint density at radius 3 is 2.69 bits per heavy atom. The van der Waals surface area contributed by atoms with Gasteiger partial charge in [-0.2, -0.15) is 0 Å². The Morgan fingerprint density at radius 2 is 2.06 bits per heavy atom. The van der Waals surface area contributed by atoms with Crippen molar-refractivity contribution < 1.29 is 5.11 Å². The van der Waals surface area contributed by atoms with Gasteiger partial charge in [-0.25, -0.2) is 0 Å². The number of aliphatic hydroxyl groups is 1. The van der Waals surface area contributed by atoms with Crippen LogP contribution in [-0.4, -0.2) is 11.2 Å². The molecule has 1 aromatic rings. The quantitative estimate of drug-likeness (QED) is 0.768. The Kier molecular flexibility index (Phi) is 3.45. The number of aliphatic hydroxyl groups excluding tert-OH is 1. The van der Waals surface area contributed by atoms with Gasteiger partial charge in [-0.3, -0.25) is 0 Å². The van der Waals surface area contributed by atoms with Crippen molar-refractivity contribution in [3.8, 4) is 0 Å². The molecule has 0 radical (unpaired) electrons. The van der Waals surface area contributed by atoms with Gasteiger partial charge >= 0.3 is 0 Å². The van der Waals surface area contributed by atoms with Gasteiger partial charge in [-0.15, -0.1) is 0 Å². The lowest BCUT2D eigenvalue weighted by molar-refractivity contribution is 0.208. The monoisotopic (exact) mass is 216 g/mol. The number of rotatable bonds is 3. The molecule has 0 aliphatic heterocycles. The molecule has 0 bridgehead atoms. The second kappa shape index (κ2) is 4.84. The Bertz CT molecular complexity index is 404. The summed E-state index contributed by atoms with van der Waals surface area (Å²) in [4.78, 5) is 0. The van der Waals surface area contributed by atoms with Gasteiger partial charge in [0, 0.05) is 6.42 Å². The van der Waals surface area contributed by atoms with Crippen LogP contribution in [0.1, 0.15) is 36.0 Å². The van der Waals surface area contributed by atoms with Crippen molar-refractivity contribution in [1.82, 2.24) is 0 Å². The maximum atomic E-state index is 10.1. The molecule has 0 saturated carbocycles. The molecule has 2 rings (SSSR count). The van der Waals surface area contributed by atoms with Crippen molar-refractivity contribution in [2.24, 2.45) is 0 Å². The van der Waals surface area contributed by atoms with Gasteiger partial charge < -0.3 is 5.11 Å². The van der Waals surface area contributed by atoms with E-state index in [1.165, 1.54) is 28.7 Å². The van der Waals surface area contributed by atoms with Crippen LogP contribution >= 0.6 is 0 Å². The van der Waals surface area contributed by atoms with E-state index in [2.05, 4.69) is 38.1 Å². The van der Waals surface area contributed by atoms with Gasteiger partial charge in [0.25, 0.3) is 0 Å². The predicted molar refractivity (Wildman–Crippen MR) is 67.6 cm³/mol. The standard InChI is InChI=1S/C15H20O/c1-11-7-8-13(9-12(11)2)10-15(16)14-5-3-4-6-14/h5,7-9,15-16H,3-4,6,10H2,1-2H3. The van der Waals surface area contributed by atoms with Crippen LogP contribution < -0.4 is 0 Å². The maximum Gasteiger partial charge on any atom is 0.0790 e. The minimum absolute atomic E-state index is 0.274. The van der Waals surface area contributed by atoms with E-state index in [0.717, 1.165) is 19.3 Å². The first-order chi connectivity index (χ1) is 7.66. The van der Waals surface area contributed by atoms with Gasteiger partial charge in [0.05, 0.1) is 6.10 Å². The molecule has 1 unspecified atom stereocenters. The highest BCUT2D eigenvalue weighted by Crippen LogP contribution is 2.23. The molecule has 16 heavy (non-hydrogen) atoms. The van der Waals surface area contributed by atoms with E-state index in [9.17, 15) is 5.11 Å². The van der Waals surface area contributed by atoms with Crippen LogP contribution in [0.4, 0.5) is 0 Å². The van der Waals surface area contributed by atoms with Crippen molar-refractivity contribution >= 4 is 0 Å². The fraction of sp³-hybridized carbons (Fsp3) is 0.467. The number of benzene rings is 1. The molecule has 1 heteroatoms. The SMILES string of the molecule is Cc1ccc(CC(O)C2=CCCC2)cc1C. The molecule has 0 spiro atoms. The summed E-state index contributed by atoms with van der Waals surface area (Å²) in [5.74, 6) is 0. The summed E-state index contributed by atoms with van der Waals surface area (Å²) in [6.45, 7) is 4.25. The van der Waals surface area contributed by atoms with Gasteiger partial charge in [0.1, 0.15) is 0 Å². The highest BCUT2D eigenvalue weighted by Gasteiger charge is 2.14. The van der Waals surface area contributed by atoms with Crippen molar-refractivity contribution in [1.29, 1.82) is 0 Å². The molecule has 1 aliphatic rings. The van der Waals surface area contributed by atoms with Crippen LogP contribution in [0.5, 0.6) is 0 Å². The van der Waals surface area contributed by atoms with Crippen LogP contribution in [0.25, 0.3) is 0 Å². The van der Waals surface area contributed by atoms with E-state index in [4.69, 9.17) is 0 Å². The number of aryl methyl sites for hydroxylation is 2. The average Bonchev–Trinajstić information content (AvgIpc) is 2.77. The molecular formula is C15H20O. The topological polar surface area (TPSA) is 20.2 Å². The Morgan fingerprint density at radius 1 is 1.25 bits per heavy atom. The Balaban J connectivity index is 2.05. The largest absolute Gasteiger partial charge is 0.388 e. The molecule has 1 aromatic carbocycles. The highest BCUT2D eigenvalue weighted by molar-refractivity contribution is 5.31. The van der Waals surface area contributed by atoms with Crippen LogP contribution in [-0.2, 0) is 6.42 Å². The minimum atomic E-state index is -0.274. The van der Waals surface area contributed by atoms with E-state index in [1.807, 2.05) is 0 Å². The van der Waals surface area contributed by atoms with Crippen molar-refractivity contribution in [2.75, 3.05) is 0 Å². The lowest BCUT2D eigenvalue weighted by Crippen LogP contribution is -2.12. The molecule has 1 aliphatic carbocycles. The van der Waals surface area contributed by atoms with Crippen LogP contribution in [0.15, 0.2) is 29.8 Å². The van der Waals surface area contributed by atoms with Gasteiger partial charge in [-0.05, 0) is 55.4 Å². The third-order valence-electron chi connectivity index (χ3n) is 3.50. The minimum Gasteiger partial charge on any atom is -0.388 e. The molecular weight excluding hydrogens is 196 g/mol. The molecule has 0 fully saturated rings. The zero-order valence-corrected chi connectivity index (χ0v) is 10.2. The second-order valence-corrected chi connectivity index (χ2v) is 4.81. The lowest BCUT2D eigenvalue weighted by Gasteiger charge is -2.13. The molecule has 1 N–H and O–H groups in total. The third-order valence-corrected chi connectivity index (χ3v) is 3.50. The van der Waals surface area contributed by atoms with Crippen molar-refractivity contribution in [2.45, 2.75) is 45.6 Å². The molecule has 1 nitrogen and oxygen atoms in total. The summed E-state index contributed by atoms with van der Waals surface area (Å²) in [6, 6.07) is 6.45. The summed E-state index contributed by atoms with van der Waals surface area (Å²) < 4.78 is 0. The maximum absolute atomic E-state index is 10.1. The van der Waals surface area contributed by atoms with Gasteiger partial charge in [0.2, 0.25) is 0 Å². The number of hydrogen-bond donors (Lipinski definition) is 1. The summed E-state index contributed by atoms with van der Waals surface area (Å²) in [5.41, 5.74) is 5.10. The summed E-state index contributed by atoms with van der Waals surface area (Å²) in [6.07, 6.45) is 6.10. The summed E-state index contributed by atoms with van der Waals surface area (Å²) >= 11 is 0. The van der Waals surface area contributed by atoms with E-state index in [0.29, 0.717) is 0 Å². The smallest absolute Gasteiger partial charge is 0.0790 e. The van der Waals surface area contributed by atoms with Gasteiger partial charge in [0.15, 0.2) is 0 Å². The predicted octanol–water partition coefficient (Wildman–Crippen LogP) is 3.32. The lowest BCUT2D eigenvalue weighted by atomic mass is 9.98. The fourth-order valence-corrected chi connectivity index (χ4v) is 2.28. The van der Waals surface area contributed by atoms with Gasteiger partial charge in [-0.1, -0.05) is 24.3 Å². The molecule has 86 valence electrons. The molecule has 0 heterocycles. The second-order valence-electron chi connectivity index (χ2n) is 4.81. The zero-order chi connectivity index (χ0) is 11.5. The van der Waals surface area contributed by atoms with E-state index >= 15 is 0 Å². The highest BCUT2D eigenvalue weighted by atomic mass is 16.3. The number of hydrogen-bond acceptors (Lipinski definition) is 1. The molecule has 0 aromatic heterocycles.